The van der Waals surface area contributed by atoms with Crippen molar-refractivity contribution in [3.63, 3.8) is 0 Å². The first kappa shape index (κ1) is 18.6. The number of urea groups is 1. The van der Waals surface area contributed by atoms with Gasteiger partial charge < -0.3 is 10.2 Å². The molecule has 0 spiro atoms. The van der Waals surface area contributed by atoms with Crippen LogP contribution in [0.1, 0.15) is 0 Å². The van der Waals surface area contributed by atoms with Gasteiger partial charge in [-0.2, -0.15) is 4.31 Å². The lowest BCUT2D eigenvalue weighted by atomic mass is 10.3. The highest BCUT2D eigenvalue weighted by molar-refractivity contribution is 7.89. The number of carbonyl (C=O) groups excluding carboxylic acids is 1. The molecule has 0 atom stereocenters. The number of benzene rings is 2. The number of anilines is 1. The minimum absolute atomic E-state index is 0.0893. The van der Waals surface area contributed by atoms with E-state index >= 15 is 0 Å². The summed E-state index contributed by atoms with van der Waals surface area (Å²) in [6, 6.07) is 11.5. The molecule has 2 aromatic rings. The number of hydrogen-bond donors (Lipinski definition) is 1. The largest absolute Gasteiger partial charge is 0.322 e. The van der Waals surface area contributed by atoms with Gasteiger partial charge in [-0.3, -0.25) is 0 Å². The molecule has 138 valence electrons. The van der Waals surface area contributed by atoms with Crippen LogP contribution >= 0.6 is 11.6 Å². The number of para-hydroxylation sites is 1. The van der Waals surface area contributed by atoms with Crippen LogP contribution in [-0.4, -0.2) is 49.8 Å². The lowest BCUT2D eigenvalue weighted by Crippen LogP contribution is -2.51. The van der Waals surface area contributed by atoms with E-state index in [-0.39, 0.29) is 36.8 Å². The Morgan fingerprint density at radius 2 is 1.73 bits per heavy atom. The predicted octanol–water partition coefficient (Wildman–Crippen LogP) is 3.02. The fraction of sp³-hybridized carbons (Fsp3) is 0.235. The summed E-state index contributed by atoms with van der Waals surface area (Å²) in [7, 11) is -3.67. The first-order chi connectivity index (χ1) is 12.4. The monoisotopic (exact) mass is 397 g/mol. The normalized spacial score (nSPS) is 15.7. The minimum Gasteiger partial charge on any atom is -0.322 e. The SMILES string of the molecule is O=C(Nc1ccccc1F)N1CCN(S(=O)(=O)c2cccc(Cl)c2)CC1. The Morgan fingerprint density at radius 3 is 2.38 bits per heavy atom. The lowest BCUT2D eigenvalue weighted by molar-refractivity contribution is 0.184. The Kier molecular flexibility index (Phi) is 5.45. The van der Waals surface area contributed by atoms with Gasteiger partial charge >= 0.3 is 6.03 Å². The van der Waals surface area contributed by atoms with E-state index in [9.17, 15) is 17.6 Å². The van der Waals surface area contributed by atoms with Crippen LogP contribution in [0.3, 0.4) is 0 Å². The van der Waals surface area contributed by atoms with Crippen molar-refractivity contribution in [2.45, 2.75) is 4.90 Å². The van der Waals surface area contributed by atoms with E-state index in [1.54, 1.807) is 18.2 Å². The Hall–Kier alpha value is -2.16. The second-order valence-electron chi connectivity index (χ2n) is 5.76. The zero-order chi connectivity index (χ0) is 18.7. The average Bonchev–Trinajstić information content (AvgIpc) is 2.63. The topological polar surface area (TPSA) is 69.7 Å². The summed E-state index contributed by atoms with van der Waals surface area (Å²) in [5.41, 5.74) is 0.0893. The van der Waals surface area contributed by atoms with Gasteiger partial charge in [-0.25, -0.2) is 17.6 Å². The molecule has 6 nitrogen and oxygen atoms in total. The summed E-state index contributed by atoms with van der Waals surface area (Å²) in [4.78, 5) is 13.8. The van der Waals surface area contributed by atoms with Gasteiger partial charge in [0, 0.05) is 31.2 Å². The van der Waals surface area contributed by atoms with Gasteiger partial charge in [0.2, 0.25) is 10.0 Å². The Morgan fingerprint density at radius 1 is 1.04 bits per heavy atom. The first-order valence-electron chi connectivity index (χ1n) is 7.94. The van der Waals surface area contributed by atoms with Gasteiger partial charge in [-0.15, -0.1) is 0 Å². The molecule has 0 aliphatic carbocycles. The molecule has 26 heavy (non-hydrogen) atoms. The first-order valence-corrected chi connectivity index (χ1v) is 9.76. The lowest BCUT2D eigenvalue weighted by Gasteiger charge is -2.34. The molecule has 1 aliphatic rings. The summed E-state index contributed by atoms with van der Waals surface area (Å²) in [5.74, 6) is -0.525. The second-order valence-corrected chi connectivity index (χ2v) is 8.13. The van der Waals surface area contributed by atoms with E-state index in [4.69, 9.17) is 11.6 Å². The number of rotatable bonds is 3. The molecule has 1 fully saturated rings. The molecule has 0 saturated carbocycles. The molecule has 1 heterocycles. The smallest absolute Gasteiger partial charge is 0.322 e. The van der Waals surface area contributed by atoms with Crippen molar-refractivity contribution >= 4 is 33.3 Å². The summed E-state index contributed by atoms with van der Waals surface area (Å²) >= 11 is 5.87. The van der Waals surface area contributed by atoms with Crippen molar-refractivity contribution in [1.82, 2.24) is 9.21 Å². The number of hydrogen-bond acceptors (Lipinski definition) is 3. The summed E-state index contributed by atoms with van der Waals surface area (Å²) < 4.78 is 40.2. The van der Waals surface area contributed by atoms with Crippen LogP contribution in [0.2, 0.25) is 5.02 Å². The molecule has 3 rings (SSSR count). The number of sulfonamides is 1. The molecule has 0 radical (unpaired) electrons. The molecule has 0 bridgehead atoms. The van der Waals surface area contributed by atoms with Crippen LogP contribution in [0, 0.1) is 5.82 Å². The summed E-state index contributed by atoms with van der Waals surface area (Å²) in [6.45, 7) is 0.721. The number of nitrogens with one attached hydrogen (secondary N) is 1. The van der Waals surface area contributed by atoms with Crippen molar-refractivity contribution in [3.8, 4) is 0 Å². The Bertz CT molecular complexity index is 915. The maximum atomic E-state index is 13.6. The van der Waals surface area contributed by atoms with Crippen molar-refractivity contribution in [3.05, 3.63) is 59.4 Å². The highest BCUT2D eigenvalue weighted by Gasteiger charge is 2.30. The third-order valence-corrected chi connectivity index (χ3v) is 6.20. The third-order valence-electron chi connectivity index (χ3n) is 4.08. The second kappa shape index (κ2) is 7.61. The molecule has 2 amide bonds. The third kappa shape index (κ3) is 3.98. The minimum atomic E-state index is -3.67. The Labute approximate surface area is 156 Å². The highest BCUT2D eigenvalue weighted by atomic mass is 35.5. The molecular formula is C17H17ClFN3O3S. The molecule has 1 aliphatic heterocycles. The van der Waals surface area contributed by atoms with Crippen LogP contribution in [0.15, 0.2) is 53.4 Å². The molecule has 1 saturated heterocycles. The van der Waals surface area contributed by atoms with Gasteiger partial charge in [0.1, 0.15) is 5.82 Å². The van der Waals surface area contributed by atoms with E-state index in [1.807, 2.05) is 0 Å². The van der Waals surface area contributed by atoms with E-state index in [0.717, 1.165) is 0 Å². The van der Waals surface area contributed by atoms with E-state index in [2.05, 4.69) is 5.32 Å². The summed E-state index contributed by atoms with van der Waals surface area (Å²) in [5, 5.41) is 2.84. The molecular weight excluding hydrogens is 381 g/mol. The van der Waals surface area contributed by atoms with Gasteiger partial charge in [0.15, 0.2) is 0 Å². The van der Waals surface area contributed by atoms with E-state index in [0.29, 0.717) is 5.02 Å². The zero-order valence-corrected chi connectivity index (χ0v) is 15.3. The molecule has 2 aromatic carbocycles. The van der Waals surface area contributed by atoms with Gasteiger partial charge in [0.05, 0.1) is 10.6 Å². The van der Waals surface area contributed by atoms with Gasteiger partial charge in [-0.1, -0.05) is 29.8 Å². The fourth-order valence-electron chi connectivity index (χ4n) is 2.66. The van der Waals surface area contributed by atoms with Crippen LogP contribution in [0.25, 0.3) is 0 Å². The van der Waals surface area contributed by atoms with Crippen molar-refractivity contribution in [2.75, 3.05) is 31.5 Å². The standard InChI is InChI=1S/C17H17ClFN3O3S/c18-13-4-3-5-14(12-13)26(24,25)22-10-8-21(9-11-22)17(23)20-16-7-2-1-6-15(16)19/h1-7,12H,8-11H2,(H,20,23). The molecule has 9 heteroatoms. The van der Waals surface area contributed by atoms with Crippen LogP contribution in [-0.2, 0) is 10.0 Å². The molecule has 0 aromatic heterocycles. The quantitative estimate of drug-likeness (QED) is 0.865. The number of piperazine rings is 1. The number of nitrogens with zero attached hydrogens (tertiary/aromatic N) is 2. The fourth-order valence-corrected chi connectivity index (χ4v) is 4.39. The maximum absolute atomic E-state index is 13.6. The van der Waals surface area contributed by atoms with Gasteiger partial charge in [0.25, 0.3) is 0 Å². The van der Waals surface area contributed by atoms with Crippen molar-refractivity contribution in [2.24, 2.45) is 0 Å². The van der Waals surface area contributed by atoms with Crippen LogP contribution in [0.4, 0.5) is 14.9 Å². The van der Waals surface area contributed by atoms with Crippen LogP contribution < -0.4 is 5.32 Å². The Balaban J connectivity index is 1.64. The average molecular weight is 398 g/mol. The van der Waals surface area contributed by atoms with E-state index < -0.39 is 21.9 Å². The number of halogens is 2. The maximum Gasteiger partial charge on any atom is 0.322 e. The molecule has 1 N–H and O–H groups in total. The number of carbonyl (C=O) groups is 1. The molecule has 0 unspecified atom stereocenters. The highest BCUT2D eigenvalue weighted by Crippen LogP contribution is 2.21. The van der Waals surface area contributed by atoms with Crippen molar-refractivity contribution in [1.29, 1.82) is 0 Å². The zero-order valence-electron chi connectivity index (χ0n) is 13.7. The van der Waals surface area contributed by atoms with Crippen LogP contribution in [0.5, 0.6) is 0 Å². The summed E-state index contributed by atoms with van der Waals surface area (Å²) in [6.07, 6.45) is 0. The van der Waals surface area contributed by atoms with E-state index in [1.165, 1.54) is 39.5 Å². The predicted molar refractivity (Wildman–Crippen MR) is 97.2 cm³/mol. The van der Waals surface area contributed by atoms with Crippen molar-refractivity contribution < 1.29 is 17.6 Å². The number of amides is 2. The van der Waals surface area contributed by atoms with Gasteiger partial charge in [-0.05, 0) is 30.3 Å².